The highest BCUT2D eigenvalue weighted by atomic mass is 35.5. The smallest absolute Gasteiger partial charge is 0.178 e. The molecular formula is C10H11ClN4O. The summed E-state index contributed by atoms with van der Waals surface area (Å²) in [6.07, 6.45) is 2.12. The predicted molar refractivity (Wildman–Crippen MR) is 58.6 cm³/mol. The van der Waals surface area contributed by atoms with Crippen LogP contribution in [0.25, 0.3) is 5.65 Å². The lowest BCUT2D eigenvalue weighted by molar-refractivity contribution is 0.0774. The van der Waals surface area contributed by atoms with Gasteiger partial charge in [0.25, 0.3) is 0 Å². The first-order valence-electron chi connectivity index (χ1n) is 5.30. The highest BCUT2D eigenvalue weighted by Crippen LogP contribution is 2.24. The van der Waals surface area contributed by atoms with E-state index >= 15 is 0 Å². The first kappa shape index (κ1) is 9.99. The predicted octanol–water partition coefficient (Wildman–Crippen LogP) is 1.67. The quantitative estimate of drug-likeness (QED) is 0.759. The zero-order valence-electron chi connectivity index (χ0n) is 8.64. The molecule has 1 aliphatic heterocycles. The van der Waals surface area contributed by atoms with Gasteiger partial charge in [0, 0.05) is 12.5 Å². The molecule has 0 radical (unpaired) electrons. The van der Waals surface area contributed by atoms with Crippen molar-refractivity contribution in [2.45, 2.75) is 18.8 Å². The minimum atomic E-state index is 0.273. The van der Waals surface area contributed by atoms with Crippen LogP contribution < -0.4 is 0 Å². The maximum absolute atomic E-state index is 5.87. The summed E-state index contributed by atoms with van der Waals surface area (Å²) < 4.78 is 7.15. The van der Waals surface area contributed by atoms with Crippen LogP contribution in [-0.4, -0.2) is 33.0 Å². The second-order valence-corrected chi connectivity index (χ2v) is 4.29. The molecule has 0 saturated carbocycles. The largest absolute Gasteiger partial charge is 0.381 e. The normalized spacial score (nSPS) is 21.4. The lowest BCUT2D eigenvalue weighted by atomic mass is 10.0. The number of ether oxygens (including phenoxy) is 1. The molecule has 84 valence electrons. The maximum atomic E-state index is 5.87. The van der Waals surface area contributed by atoms with Gasteiger partial charge in [-0.1, -0.05) is 11.6 Å². The van der Waals surface area contributed by atoms with Gasteiger partial charge in [0.1, 0.15) is 5.15 Å². The minimum Gasteiger partial charge on any atom is -0.381 e. The van der Waals surface area contributed by atoms with Crippen molar-refractivity contribution in [3.63, 3.8) is 0 Å². The number of hydrogen-bond acceptors (Lipinski definition) is 4. The van der Waals surface area contributed by atoms with E-state index in [2.05, 4.69) is 15.3 Å². The molecule has 2 aromatic heterocycles. The van der Waals surface area contributed by atoms with Crippen LogP contribution in [0, 0.1) is 0 Å². The highest BCUT2D eigenvalue weighted by Gasteiger charge is 2.22. The van der Waals surface area contributed by atoms with Crippen molar-refractivity contribution >= 4 is 17.2 Å². The summed E-state index contributed by atoms with van der Waals surface area (Å²) in [7, 11) is 0. The summed E-state index contributed by atoms with van der Waals surface area (Å²) in [6.45, 7) is 1.52. The fourth-order valence-electron chi connectivity index (χ4n) is 1.98. The average molecular weight is 239 g/mol. The van der Waals surface area contributed by atoms with Crippen LogP contribution in [0.15, 0.2) is 12.1 Å². The molecule has 1 saturated heterocycles. The molecule has 0 aliphatic carbocycles. The van der Waals surface area contributed by atoms with Crippen LogP contribution in [0.2, 0.25) is 5.15 Å². The molecule has 1 atom stereocenters. The molecule has 16 heavy (non-hydrogen) atoms. The van der Waals surface area contributed by atoms with Crippen molar-refractivity contribution in [3.8, 4) is 0 Å². The number of fused-ring (bicyclic) bond motifs is 1. The van der Waals surface area contributed by atoms with Crippen molar-refractivity contribution < 1.29 is 4.74 Å². The van der Waals surface area contributed by atoms with Crippen LogP contribution in [0.4, 0.5) is 0 Å². The Hall–Kier alpha value is -1.20. The fraction of sp³-hybridized carbons (Fsp3) is 0.500. The number of halogens is 1. The molecule has 3 rings (SSSR count). The van der Waals surface area contributed by atoms with E-state index in [-0.39, 0.29) is 5.92 Å². The summed E-state index contributed by atoms with van der Waals surface area (Å²) in [5.74, 6) is 1.12. The number of rotatable bonds is 1. The summed E-state index contributed by atoms with van der Waals surface area (Å²) in [6, 6.07) is 3.53. The molecule has 1 aliphatic rings. The first-order valence-corrected chi connectivity index (χ1v) is 5.68. The molecule has 0 amide bonds. The highest BCUT2D eigenvalue weighted by molar-refractivity contribution is 6.29. The van der Waals surface area contributed by atoms with Gasteiger partial charge in [0.05, 0.1) is 6.61 Å². The van der Waals surface area contributed by atoms with Crippen LogP contribution in [0.1, 0.15) is 24.6 Å². The van der Waals surface area contributed by atoms with E-state index < -0.39 is 0 Å². The summed E-state index contributed by atoms with van der Waals surface area (Å²) in [5, 5.41) is 12.9. The second kappa shape index (κ2) is 3.99. The molecule has 1 unspecified atom stereocenters. The Morgan fingerprint density at radius 1 is 1.38 bits per heavy atom. The molecule has 0 N–H and O–H groups in total. The van der Waals surface area contributed by atoms with E-state index in [0.29, 0.717) is 11.8 Å². The van der Waals surface area contributed by atoms with E-state index in [0.717, 1.165) is 30.9 Å². The topological polar surface area (TPSA) is 52.3 Å². The van der Waals surface area contributed by atoms with E-state index in [1.807, 2.05) is 6.07 Å². The molecule has 6 heteroatoms. The molecule has 0 aromatic carbocycles. The molecule has 1 fully saturated rings. The van der Waals surface area contributed by atoms with E-state index in [1.54, 1.807) is 10.6 Å². The van der Waals surface area contributed by atoms with Gasteiger partial charge in [-0.15, -0.1) is 10.2 Å². The average Bonchev–Trinajstić information content (AvgIpc) is 2.73. The Morgan fingerprint density at radius 2 is 2.31 bits per heavy atom. The van der Waals surface area contributed by atoms with Crippen molar-refractivity contribution in [2.75, 3.05) is 13.2 Å². The summed E-state index contributed by atoms with van der Waals surface area (Å²) >= 11 is 5.87. The van der Waals surface area contributed by atoms with Crippen LogP contribution >= 0.6 is 11.6 Å². The summed E-state index contributed by atoms with van der Waals surface area (Å²) in [5.41, 5.74) is 0.727. The van der Waals surface area contributed by atoms with Gasteiger partial charge in [0.15, 0.2) is 11.5 Å². The third-order valence-corrected chi connectivity index (χ3v) is 2.98. The van der Waals surface area contributed by atoms with Gasteiger partial charge < -0.3 is 4.74 Å². The third-order valence-electron chi connectivity index (χ3n) is 2.78. The number of nitrogens with zero attached hydrogens (tertiary/aromatic N) is 4. The van der Waals surface area contributed by atoms with Crippen LogP contribution in [0.5, 0.6) is 0 Å². The maximum Gasteiger partial charge on any atom is 0.178 e. The molecule has 0 bridgehead atoms. The zero-order chi connectivity index (χ0) is 11.0. The lowest BCUT2D eigenvalue weighted by Gasteiger charge is -2.19. The number of hydrogen-bond donors (Lipinski definition) is 0. The zero-order valence-corrected chi connectivity index (χ0v) is 9.39. The van der Waals surface area contributed by atoms with Crippen LogP contribution in [-0.2, 0) is 4.74 Å². The van der Waals surface area contributed by atoms with Gasteiger partial charge >= 0.3 is 0 Å². The Morgan fingerprint density at radius 3 is 3.12 bits per heavy atom. The Labute approximate surface area is 97.4 Å². The van der Waals surface area contributed by atoms with E-state index in [1.165, 1.54) is 0 Å². The molecule has 2 aromatic rings. The Bertz CT molecular complexity index is 506. The molecule has 3 heterocycles. The Kier molecular flexibility index (Phi) is 2.49. The monoisotopic (exact) mass is 238 g/mol. The van der Waals surface area contributed by atoms with E-state index in [9.17, 15) is 0 Å². The van der Waals surface area contributed by atoms with Crippen molar-refractivity contribution in [2.24, 2.45) is 0 Å². The third kappa shape index (κ3) is 1.66. The van der Waals surface area contributed by atoms with E-state index in [4.69, 9.17) is 16.3 Å². The molecule has 0 spiro atoms. The van der Waals surface area contributed by atoms with Crippen LogP contribution in [0.3, 0.4) is 0 Å². The van der Waals surface area contributed by atoms with Gasteiger partial charge in [-0.3, -0.25) is 0 Å². The van der Waals surface area contributed by atoms with Crippen molar-refractivity contribution in [1.29, 1.82) is 0 Å². The van der Waals surface area contributed by atoms with Gasteiger partial charge in [0.2, 0.25) is 0 Å². The molecular weight excluding hydrogens is 228 g/mol. The second-order valence-electron chi connectivity index (χ2n) is 3.90. The van der Waals surface area contributed by atoms with Gasteiger partial charge in [-0.05, 0) is 25.0 Å². The minimum absolute atomic E-state index is 0.273. The lowest BCUT2D eigenvalue weighted by Crippen LogP contribution is -2.18. The fourth-order valence-corrected chi connectivity index (χ4v) is 2.12. The SMILES string of the molecule is Clc1ccc2nnc(C3CCCOC3)n2n1. The summed E-state index contributed by atoms with van der Waals surface area (Å²) in [4.78, 5) is 0. The number of aromatic nitrogens is 4. The first-order chi connectivity index (χ1) is 7.84. The van der Waals surface area contributed by atoms with Gasteiger partial charge in [-0.25, -0.2) is 0 Å². The standard InChI is InChI=1S/C10H11ClN4O/c11-8-3-4-9-12-13-10(15(9)14-8)7-2-1-5-16-6-7/h3-4,7H,1-2,5-6H2. The van der Waals surface area contributed by atoms with Gasteiger partial charge in [-0.2, -0.15) is 9.61 Å². The van der Waals surface area contributed by atoms with Crippen molar-refractivity contribution in [3.05, 3.63) is 23.1 Å². The molecule has 5 nitrogen and oxygen atoms in total. The Balaban J connectivity index is 2.05. The van der Waals surface area contributed by atoms with Crippen molar-refractivity contribution in [1.82, 2.24) is 19.8 Å².